The van der Waals surface area contributed by atoms with Crippen molar-refractivity contribution in [3.05, 3.63) is 58.7 Å². The molecular weight excluding hydrogens is 435 g/mol. The Morgan fingerprint density at radius 3 is 2.69 bits per heavy atom. The van der Waals surface area contributed by atoms with E-state index in [-0.39, 0.29) is 35.5 Å². The fraction of sp³-hybridized carbons (Fsp3) is 0.250. The number of primary amides is 1. The van der Waals surface area contributed by atoms with Gasteiger partial charge in [0.2, 0.25) is 0 Å². The Hall–Kier alpha value is -3.67. The summed E-state index contributed by atoms with van der Waals surface area (Å²) in [7, 11) is 4.72. The van der Waals surface area contributed by atoms with Crippen LogP contribution in [0.2, 0.25) is 0 Å². The monoisotopic (exact) mass is 462 g/mol. The third-order valence-corrected chi connectivity index (χ3v) is 4.97. The van der Waals surface area contributed by atoms with E-state index in [2.05, 4.69) is 28.7 Å². The fourth-order valence-electron chi connectivity index (χ4n) is 2.44. The minimum Gasteiger partial charge on any atom is -0.404 e. The third kappa shape index (κ3) is 7.23. The summed E-state index contributed by atoms with van der Waals surface area (Å²) in [6.07, 6.45) is 4.28. The van der Waals surface area contributed by atoms with E-state index in [1.165, 1.54) is 22.4 Å². The molecule has 172 valence electrons. The number of carbonyl (C=O) groups excluding carboxylic acids is 2. The number of nitrogens with one attached hydrogen (secondary N) is 2. The minimum atomic E-state index is -0.816. The molecule has 0 aliphatic carbocycles. The molecule has 0 atom stereocenters. The second kappa shape index (κ2) is 12.2. The molecule has 0 aromatic carbocycles. The summed E-state index contributed by atoms with van der Waals surface area (Å²) in [5.41, 5.74) is 11.1. The average molecular weight is 463 g/mol. The number of halogens is 1. The van der Waals surface area contributed by atoms with Crippen LogP contribution in [0, 0.1) is 5.41 Å². The topological polar surface area (TPSA) is 153 Å². The number of likely N-dealkylation sites (N-methyl/N-ethyl adjacent to an activating group) is 1. The Morgan fingerprint density at radius 2 is 2.16 bits per heavy atom. The number of allylic oxidation sites excluding steroid dienone is 4. The number of amides is 1. The second-order valence-electron chi connectivity index (χ2n) is 6.50. The van der Waals surface area contributed by atoms with Crippen molar-refractivity contribution in [1.82, 2.24) is 15.3 Å². The maximum atomic E-state index is 14.0. The van der Waals surface area contributed by atoms with E-state index in [1.807, 2.05) is 0 Å². The first-order chi connectivity index (χ1) is 15.0. The highest BCUT2D eigenvalue weighted by atomic mass is 32.2. The van der Waals surface area contributed by atoms with E-state index >= 15 is 0 Å². The number of hydrogen-bond donors (Lipinski definition) is 4. The lowest BCUT2D eigenvalue weighted by molar-refractivity contribution is -0.114. The highest BCUT2D eigenvalue weighted by Gasteiger charge is 2.21. The van der Waals surface area contributed by atoms with Crippen molar-refractivity contribution in [1.29, 1.82) is 5.41 Å². The first kappa shape index (κ1) is 26.4. The Labute approximate surface area is 190 Å². The van der Waals surface area contributed by atoms with Gasteiger partial charge >= 0.3 is 0 Å². The Kier molecular flexibility index (Phi) is 10.1. The zero-order valence-corrected chi connectivity index (χ0v) is 19.0. The predicted octanol–water partition coefficient (Wildman–Crippen LogP) is 1.19. The van der Waals surface area contributed by atoms with E-state index in [0.29, 0.717) is 21.8 Å². The lowest BCUT2D eigenvalue weighted by Crippen LogP contribution is -2.29. The van der Waals surface area contributed by atoms with Crippen molar-refractivity contribution in [2.45, 2.75) is 6.42 Å². The largest absolute Gasteiger partial charge is 0.404 e. The van der Waals surface area contributed by atoms with Crippen LogP contribution in [0.5, 0.6) is 0 Å². The molecule has 0 aromatic heterocycles. The van der Waals surface area contributed by atoms with Crippen LogP contribution in [0.1, 0.15) is 6.42 Å². The van der Waals surface area contributed by atoms with Gasteiger partial charge in [-0.05, 0) is 5.57 Å². The van der Waals surface area contributed by atoms with Gasteiger partial charge in [0.05, 0.1) is 24.0 Å². The molecule has 1 amide bonds. The van der Waals surface area contributed by atoms with Crippen molar-refractivity contribution in [2.24, 2.45) is 21.7 Å². The van der Waals surface area contributed by atoms with Crippen LogP contribution in [0.15, 0.2) is 68.9 Å². The molecule has 1 rings (SSSR count). The van der Waals surface area contributed by atoms with Crippen LogP contribution in [-0.4, -0.2) is 66.9 Å². The van der Waals surface area contributed by atoms with Gasteiger partial charge in [-0.3, -0.25) is 19.6 Å². The van der Waals surface area contributed by atoms with Gasteiger partial charge < -0.3 is 22.2 Å². The number of hydrogen-bond acceptors (Lipinski definition) is 10. The number of hydrazone groups is 2. The van der Waals surface area contributed by atoms with Crippen LogP contribution in [0.25, 0.3) is 0 Å². The van der Waals surface area contributed by atoms with E-state index in [1.54, 1.807) is 21.1 Å². The van der Waals surface area contributed by atoms with Crippen LogP contribution >= 0.6 is 11.8 Å². The highest BCUT2D eigenvalue weighted by Crippen LogP contribution is 2.32. The molecule has 0 radical (unpaired) electrons. The van der Waals surface area contributed by atoms with Crippen molar-refractivity contribution in [2.75, 3.05) is 27.7 Å². The predicted molar refractivity (Wildman–Crippen MR) is 127 cm³/mol. The van der Waals surface area contributed by atoms with Gasteiger partial charge in [0, 0.05) is 50.4 Å². The van der Waals surface area contributed by atoms with Gasteiger partial charge in [-0.25, -0.2) is 4.39 Å². The van der Waals surface area contributed by atoms with Crippen molar-refractivity contribution in [3.8, 4) is 0 Å². The van der Waals surface area contributed by atoms with Gasteiger partial charge in [-0.15, -0.1) is 0 Å². The Bertz CT molecular complexity index is 965. The van der Waals surface area contributed by atoms with Crippen LogP contribution in [0.4, 0.5) is 4.39 Å². The molecule has 32 heavy (non-hydrogen) atoms. The van der Waals surface area contributed by atoms with Gasteiger partial charge in [-0.2, -0.15) is 10.2 Å². The van der Waals surface area contributed by atoms with E-state index in [0.717, 1.165) is 18.0 Å². The molecule has 1 heterocycles. The normalized spacial score (nSPS) is 15.4. The molecule has 1 aliphatic heterocycles. The maximum absolute atomic E-state index is 14.0. The van der Waals surface area contributed by atoms with Crippen molar-refractivity contribution in [3.63, 3.8) is 0 Å². The SMILES string of the molecule is C=C1SC(CC(=C)/C(F)=C\NC)=NN(C)C(C=O)=C1/C=N\N(C)CC(=N)/C(=C\N)C(N)=O. The molecule has 0 unspecified atom stereocenters. The van der Waals surface area contributed by atoms with Gasteiger partial charge in [0.1, 0.15) is 16.6 Å². The second-order valence-corrected chi connectivity index (χ2v) is 7.67. The minimum absolute atomic E-state index is 0.0553. The molecular formula is C20H27FN8O2S. The zero-order chi connectivity index (χ0) is 24.4. The molecule has 0 aromatic rings. The third-order valence-electron chi connectivity index (χ3n) is 4.04. The number of carbonyl (C=O) groups is 2. The molecule has 0 bridgehead atoms. The number of nitrogens with zero attached hydrogens (tertiary/aromatic N) is 4. The molecule has 12 heteroatoms. The standard InChI is InChI=1S/C20H27FN8O2S/c1-12(16(21)9-25-3)6-19-27-29(5)18(11-30)15(13(2)32-19)8-26-28(4)10-17(23)14(7-22)20(24)31/h7-9,11,23,25H,1-2,6,10,22H2,3-5H3,(H2,24,31)/b14-7+,16-9+,23-17?,26-8-. The molecule has 0 saturated heterocycles. The summed E-state index contributed by atoms with van der Waals surface area (Å²) >= 11 is 1.16. The van der Waals surface area contributed by atoms with Crippen molar-refractivity contribution < 1.29 is 14.0 Å². The maximum Gasteiger partial charge on any atom is 0.252 e. The zero-order valence-electron chi connectivity index (χ0n) is 18.2. The summed E-state index contributed by atoms with van der Waals surface area (Å²) in [4.78, 5) is 23.5. The van der Waals surface area contributed by atoms with Gasteiger partial charge in [-0.1, -0.05) is 24.9 Å². The average Bonchev–Trinajstić information content (AvgIpc) is 2.81. The first-order valence-corrected chi connectivity index (χ1v) is 10.0. The lowest BCUT2D eigenvalue weighted by atomic mass is 10.1. The first-order valence-electron chi connectivity index (χ1n) is 9.19. The number of aldehydes is 1. The molecule has 0 saturated carbocycles. The van der Waals surface area contributed by atoms with E-state index in [9.17, 15) is 14.0 Å². The number of nitrogens with two attached hydrogens (primary N) is 2. The Balaban J connectivity index is 3.05. The number of rotatable bonds is 11. The molecule has 6 N–H and O–H groups in total. The summed E-state index contributed by atoms with van der Waals surface area (Å²) < 4.78 is 14.0. The molecule has 0 fully saturated rings. The van der Waals surface area contributed by atoms with Crippen LogP contribution in [0.3, 0.4) is 0 Å². The lowest BCUT2D eigenvalue weighted by Gasteiger charge is -2.16. The summed E-state index contributed by atoms with van der Waals surface area (Å²) in [6, 6.07) is 0. The highest BCUT2D eigenvalue weighted by molar-refractivity contribution is 8.17. The summed E-state index contributed by atoms with van der Waals surface area (Å²) in [5.74, 6) is -1.33. The molecule has 0 spiro atoms. The fourth-order valence-corrected chi connectivity index (χ4v) is 3.40. The molecule has 1 aliphatic rings. The van der Waals surface area contributed by atoms with Gasteiger partial charge in [0.15, 0.2) is 6.29 Å². The Morgan fingerprint density at radius 1 is 1.50 bits per heavy atom. The smallest absolute Gasteiger partial charge is 0.252 e. The van der Waals surface area contributed by atoms with Gasteiger partial charge in [0.25, 0.3) is 5.91 Å². The van der Waals surface area contributed by atoms with Crippen molar-refractivity contribution >= 4 is 40.9 Å². The van der Waals surface area contributed by atoms with Crippen LogP contribution < -0.4 is 16.8 Å². The van der Waals surface area contributed by atoms with E-state index in [4.69, 9.17) is 16.9 Å². The van der Waals surface area contributed by atoms with E-state index < -0.39 is 11.7 Å². The summed E-state index contributed by atoms with van der Waals surface area (Å²) in [5, 5.41) is 22.3. The molecule has 10 nitrogen and oxygen atoms in total. The number of thioether (sulfide) groups is 1. The van der Waals surface area contributed by atoms with Crippen LogP contribution in [-0.2, 0) is 9.59 Å². The summed E-state index contributed by atoms with van der Waals surface area (Å²) in [6.45, 7) is 7.64. The quantitative estimate of drug-likeness (QED) is 0.118.